The van der Waals surface area contributed by atoms with Gasteiger partial charge < -0.3 is 9.94 Å². The molecule has 0 aromatic rings. The summed E-state index contributed by atoms with van der Waals surface area (Å²) in [4.78, 5) is 26.9. The molecule has 0 aliphatic carbocycles. The van der Waals surface area contributed by atoms with Crippen LogP contribution in [0.2, 0.25) is 0 Å². The average Bonchev–Trinajstić information content (AvgIpc) is 2.18. The topological polar surface area (TPSA) is 66.8 Å². The minimum absolute atomic E-state index is 0.230. The number of piperidine rings is 1. The van der Waals surface area contributed by atoms with Gasteiger partial charge in [-0.3, -0.25) is 9.59 Å². The maximum absolute atomic E-state index is 11.1. The summed E-state index contributed by atoms with van der Waals surface area (Å²) in [5, 5.41) is 10.3. The lowest BCUT2D eigenvalue weighted by molar-refractivity contribution is -0.197. The predicted molar refractivity (Wildman–Crippen MR) is 52.9 cm³/mol. The van der Waals surface area contributed by atoms with Gasteiger partial charge in [-0.1, -0.05) is 6.92 Å². The van der Waals surface area contributed by atoms with Crippen molar-refractivity contribution in [1.82, 2.24) is 5.06 Å². The van der Waals surface area contributed by atoms with Gasteiger partial charge in [0.05, 0.1) is 5.92 Å². The molecule has 1 aliphatic rings. The van der Waals surface area contributed by atoms with Crippen LogP contribution in [0.1, 0.15) is 32.6 Å². The Morgan fingerprint density at radius 3 is 2.47 bits per heavy atom. The highest BCUT2D eigenvalue weighted by atomic mass is 16.7. The van der Waals surface area contributed by atoms with Crippen molar-refractivity contribution in [1.29, 1.82) is 0 Å². The monoisotopic (exact) mass is 215 g/mol. The second-order valence-electron chi connectivity index (χ2n) is 3.75. The SMILES string of the molecule is CCCC(=O)ON1CCC(C(=O)O)CC1. The number of carbonyl (C=O) groups excluding carboxylic acids is 1. The van der Waals surface area contributed by atoms with Crippen LogP contribution < -0.4 is 0 Å². The fraction of sp³-hybridized carbons (Fsp3) is 0.800. The van der Waals surface area contributed by atoms with Crippen molar-refractivity contribution >= 4 is 11.9 Å². The molecule has 1 aliphatic heterocycles. The summed E-state index contributed by atoms with van der Waals surface area (Å²) in [6.07, 6.45) is 2.28. The number of aliphatic carboxylic acids is 1. The lowest BCUT2D eigenvalue weighted by Gasteiger charge is -2.28. The zero-order valence-corrected chi connectivity index (χ0v) is 8.94. The molecule has 0 bridgehead atoms. The van der Waals surface area contributed by atoms with Crippen LogP contribution in [0.3, 0.4) is 0 Å². The van der Waals surface area contributed by atoms with E-state index in [2.05, 4.69) is 0 Å². The van der Waals surface area contributed by atoms with E-state index < -0.39 is 5.97 Å². The Kier molecular flexibility index (Phi) is 4.55. The van der Waals surface area contributed by atoms with Gasteiger partial charge in [-0.2, -0.15) is 0 Å². The van der Waals surface area contributed by atoms with Crippen LogP contribution in [-0.2, 0) is 14.4 Å². The third-order valence-electron chi connectivity index (χ3n) is 2.49. The Morgan fingerprint density at radius 1 is 1.40 bits per heavy atom. The Morgan fingerprint density at radius 2 is 2.00 bits per heavy atom. The van der Waals surface area contributed by atoms with Crippen LogP contribution in [-0.4, -0.2) is 35.2 Å². The molecule has 0 saturated carbocycles. The number of hydrogen-bond acceptors (Lipinski definition) is 4. The van der Waals surface area contributed by atoms with E-state index in [0.717, 1.165) is 6.42 Å². The van der Waals surface area contributed by atoms with Crippen molar-refractivity contribution in [2.45, 2.75) is 32.6 Å². The Balaban J connectivity index is 2.25. The van der Waals surface area contributed by atoms with E-state index in [1.165, 1.54) is 0 Å². The minimum atomic E-state index is -0.755. The molecule has 86 valence electrons. The van der Waals surface area contributed by atoms with Crippen LogP contribution in [0.15, 0.2) is 0 Å². The van der Waals surface area contributed by atoms with Crippen LogP contribution in [0.5, 0.6) is 0 Å². The highest BCUT2D eigenvalue weighted by molar-refractivity contribution is 5.70. The molecule has 1 saturated heterocycles. The van der Waals surface area contributed by atoms with Crippen molar-refractivity contribution in [3.63, 3.8) is 0 Å². The van der Waals surface area contributed by atoms with Gasteiger partial charge in [0.1, 0.15) is 0 Å². The van der Waals surface area contributed by atoms with Crippen molar-refractivity contribution < 1.29 is 19.5 Å². The highest BCUT2D eigenvalue weighted by Crippen LogP contribution is 2.17. The van der Waals surface area contributed by atoms with Crippen LogP contribution in [0, 0.1) is 5.92 Å². The van der Waals surface area contributed by atoms with Crippen molar-refractivity contribution in [3.05, 3.63) is 0 Å². The quantitative estimate of drug-likeness (QED) is 0.759. The largest absolute Gasteiger partial charge is 0.481 e. The lowest BCUT2D eigenvalue weighted by atomic mass is 9.98. The summed E-state index contributed by atoms with van der Waals surface area (Å²) in [5.74, 6) is -1.27. The molecule has 5 nitrogen and oxygen atoms in total. The molecule has 5 heteroatoms. The summed E-state index contributed by atoms with van der Waals surface area (Å²) in [6.45, 7) is 2.96. The van der Waals surface area contributed by atoms with Gasteiger partial charge in [-0.15, -0.1) is 5.06 Å². The van der Waals surface area contributed by atoms with E-state index in [4.69, 9.17) is 9.94 Å². The summed E-state index contributed by atoms with van der Waals surface area (Å²) in [5.41, 5.74) is 0. The first kappa shape index (κ1) is 12.0. The summed E-state index contributed by atoms with van der Waals surface area (Å²) < 4.78 is 0. The van der Waals surface area contributed by atoms with E-state index in [1.807, 2.05) is 6.92 Å². The van der Waals surface area contributed by atoms with Gasteiger partial charge in [0, 0.05) is 19.5 Å². The summed E-state index contributed by atoms with van der Waals surface area (Å²) in [7, 11) is 0. The Hall–Kier alpha value is -1.10. The Bertz CT molecular complexity index is 234. The standard InChI is InChI=1S/C10H17NO4/c1-2-3-9(12)15-11-6-4-8(5-7-11)10(13)14/h8H,2-7H2,1H3,(H,13,14). The first-order valence-corrected chi connectivity index (χ1v) is 5.32. The van der Waals surface area contributed by atoms with E-state index in [0.29, 0.717) is 32.4 Å². The van der Waals surface area contributed by atoms with Crippen molar-refractivity contribution in [2.24, 2.45) is 5.92 Å². The molecule has 0 aromatic carbocycles. The van der Waals surface area contributed by atoms with Gasteiger partial charge in [0.15, 0.2) is 0 Å². The molecule has 15 heavy (non-hydrogen) atoms. The predicted octanol–water partition coefficient (Wildman–Crippen LogP) is 1.04. The third-order valence-corrected chi connectivity index (χ3v) is 2.49. The van der Waals surface area contributed by atoms with Crippen LogP contribution >= 0.6 is 0 Å². The van der Waals surface area contributed by atoms with E-state index >= 15 is 0 Å². The number of hydroxylamine groups is 2. The third kappa shape index (κ3) is 3.87. The molecule has 1 fully saturated rings. The Labute approximate surface area is 89.0 Å². The first-order valence-electron chi connectivity index (χ1n) is 5.32. The van der Waals surface area contributed by atoms with E-state index in [-0.39, 0.29) is 11.9 Å². The van der Waals surface area contributed by atoms with Crippen molar-refractivity contribution in [2.75, 3.05) is 13.1 Å². The maximum atomic E-state index is 11.1. The minimum Gasteiger partial charge on any atom is -0.481 e. The number of carboxylic acids is 1. The lowest BCUT2D eigenvalue weighted by Crippen LogP contribution is -2.37. The smallest absolute Gasteiger partial charge is 0.325 e. The molecule has 0 spiro atoms. The van der Waals surface area contributed by atoms with Crippen molar-refractivity contribution in [3.8, 4) is 0 Å². The zero-order chi connectivity index (χ0) is 11.3. The number of hydrogen-bond donors (Lipinski definition) is 1. The van der Waals surface area contributed by atoms with Gasteiger partial charge >= 0.3 is 11.9 Å². The molecule has 0 atom stereocenters. The molecule has 0 amide bonds. The fourth-order valence-corrected chi connectivity index (χ4v) is 1.59. The van der Waals surface area contributed by atoms with Gasteiger partial charge in [-0.25, -0.2) is 0 Å². The summed E-state index contributed by atoms with van der Waals surface area (Å²) >= 11 is 0. The number of carbonyl (C=O) groups is 2. The van der Waals surface area contributed by atoms with Crippen LogP contribution in [0.4, 0.5) is 0 Å². The molecule has 1 rings (SSSR count). The van der Waals surface area contributed by atoms with E-state index in [9.17, 15) is 9.59 Å². The number of carboxylic acid groups (broad SMARTS) is 1. The fourth-order valence-electron chi connectivity index (χ4n) is 1.59. The van der Waals surface area contributed by atoms with E-state index in [1.54, 1.807) is 5.06 Å². The number of rotatable bonds is 4. The molecule has 0 unspecified atom stereocenters. The molecule has 0 radical (unpaired) electrons. The average molecular weight is 215 g/mol. The highest BCUT2D eigenvalue weighted by Gasteiger charge is 2.26. The molecular formula is C10H17NO4. The summed E-state index contributed by atoms with van der Waals surface area (Å²) in [6, 6.07) is 0. The number of nitrogens with zero attached hydrogens (tertiary/aromatic N) is 1. The molecule has 1 N–H and O–H groups in total. The molecule has 1 heterocycles. The van der Waals surface area contributed by atoms with Gasteiger partial charge in [0.2, 0.25) is 0 Å². The normalized spacial score (nSPS) is 18.7. The first-order chi connectivity index (χ1) is 7.13. The van der Waals surface area contributed by atoms with Gasteiger partial charge in [0.25, 0.3) is 0 Å². The van der Waals surface area contributed by atoms with Crippen LogP contribution in [0.25, 0.3) is 0 Å². The second kappa shape index (κ2) is 5.70. The molecule has 0 aromatic heterocycles. The maximum Gasteiger partial charge on any atom is 0.325 e. The molecular weight excluding hydrogens is 198 g/mol. The zero-order valence-electron chi connectivity index (χ0n) is 8.94. The second-order valence-corrected chi connectivity index (χ2v) is 3.75. The van der Waals surface area contributed by atoms with Gasteiger partial charge in [-0.05, 0) is 19.3 Å².